The van der Waals surface area contributed by atoms with Crippen molar-refractivity contribution in [2.24, 2.45) is 4.99 Å². The summed E-state index contributed by atoms with van der Waals surface area (Å²) in [5, 5.41) is 6.27. The Morgan fingerprint density at radius 2 is 2.05 bits per heavy atom. The average molecular weight is 291 g/mol. The van der Waals surface area contributed by atoms with Crippen molar-refractivity contribution in [3.63, 3.8) is 0 Å². The third-order valence-corrected chi connectivity index (χ3v) is 3.98. The maximum atomic E-state index is 11.7. The number of aryl methyl sites for hydroxylation is 1. The Hall–Kier alpha value is -1.49. The fraction of sp³-hybridized carbons (Fsp3) is 0.467. The molecule has 0 bridgehead atoms. The maximum Gasteiger partial charge on any atom is 0.325 e. The second-order valence-corrected chi connectivity index (χ2v) is 5.85. The van der Waals surface area contributed by atoms with Crippen molar-refractivity contribution in [3.05, 3.63) is 29.8 Å². The minimum absolute atomic E-state index is 0.225. The number of unbranched alkanes of at least 4 members (excludes halogenated alkanes) is 2. The maximum absolute atomic E-state index is 11.7. The molecule has 0 spiro atoms. The van der Waals surface area contributed by atoms with Crippen LogP contribution in [0.15, 0.2) is 29.3 Å². The number of amidine groups is 1. The molecule has 1 aromatic rings. The van der Waals surface area contributed by atoms with Crippen LogP contribution in [0.1, 0.15) is 31.7 Å². The van der Waals surface area contributed by atoms with Crippen molar-refractivity contribution < 1.29 is 4.79 Å². The first-order chi connectivity index (χ1) is 9.78. The quantitative estimate of drug-likeness (QED) is 0.814. The Morgan fingerprint density at radius 3 is 2.70 bits per heavy atom. The van der Waals surface area contributed by atoms with E-state index < -0.39 is 0 Å². The molecule has 1 aliphatic heterocycles. The SMILES string of the molecule is CCCCCc1ccc(NC(=O)NC2=NCCS2)cc1. The van der Waals surface area contributed by atoms with Gasteiger partial charge in [-0.1, -0.05) is 43.7 Å². The lowest BCUT2D eigenvalue weighted by molar-refractivity contribution is 0.256. The van der Waals surface area contributed by atoms with Crippen molar-refractivity contribution in [2.45, 2.75) is 32.6 Å². The molecule has 1 aliphatic rings. The molecule has 0 radical (unpaired) electrons. The van der Waals surface area contributed by atoms with Gasteiger partial charge in [0.2, 0.25) is 0 Å². The van der Waals surface area contributed by atoms with Gasteiger partial charge in [0.15, 0.2) is 5.17 Å². The van der Waals surface area contributed by atoms with Crippen LogP contribution in [0.2, 0.25) is 0 Å². The van der Waals surface area contributed by atoms with E-state index in [1.165, 1.54) is 24.8 Å². The molecule has 0 fully saturated rings. The van der Waals surface area contributed by atoms with Crippen molar-refractivity contribution in [3.8, 4) is 0 Å². The summed E-state index contributed by atoms with van der Waals surface area (Å²) in [6, 6.07) is 7.83. The molecule has 1 heterocycles. The molecule has 0 atom stereocenters. The van der Waals surface area contributed by atoms with Gasteiger partial charge in [0.1, 0.15) is 0 Å². The fourth-order valence-corrected chi connectivity index (χ4v) is 2.73. The van der Waals surface area contributed by atoms with Crippen LogP contribution in [0.3, 0.4) is 0 Å². The summed E-state index contributed by atoms with van der Waals surface area (Å²) >= 11 is 1.57. The van der Waals surface area contributed by atoms with Crippen LogP contribution in [0.25, 0.3) is 0 Å². The van der Waals surface area contributed by atoms with E-state index in [1.54, 1.807) is 11.8 Å². The van der Waals surface area contributed by atoms with E-state index in [0.717, 1.165) is 24.4 Å². The molecule has 0 saturated heterocycles. The number of benzene rings is 1. The number of nitrogens with one attached hydrogen (secondary N) is 2. The lowest BCUT2D eigenvalue weighted by Gasteiger charge is -2.07. The highest BCUT2D eigenvalue weighted by Crippen LogP contribution is 2.13. The summed E-state index contributed by atoms with van der Waals surface area (Å²) in [5.74, 6) is 0.946. The van der Waals surface area contributed by atoms with Crippen LogP contribution in [0.4, 0.5) is 10.5 Å². The molecular formula is C15H21N3OS. The second kappa shape index (κ2) is 7.94. The van der Waals surface area contributed by atoms with E-state index >= 15 is 0 Å². The highest BCUT2D eigenvalue weighted by molar-refractivity contribution is 8.14. The lowest BCUT2D eigenvalue weighted by atomic mass is 10.1. The van der Waals surface area contributed by atoms with E-state index in [4.69, 9.17) is 0 Å². The van der Waals surface area contributed by atoms with Crippen LogP contribution in [0, 0.1) is 0 Å². The first kappa shape index (κ1) is 14.9. The summed E-state index contributed by atoms with van der Waals surface area (Å²) in [7, 11) is 0. The number of anilines is 1. The molecule has 20 heavy (non-hydrogen) atoms. The topological polar surface area (TPSA) is 53.5 Å². The Balaban J connectivity index is 1.79. The highest BCUT2D eigenvalue weighted by Gasteiger charge is 2.10. The summed E-state index contributed by atoms with van der Waals surface area (Å²) in [5.41, 5.74) is 2.13. The first-order valence-corrected chi connectivity index (χ1v) is 8.10. The molecule has 5 heteroatoms. The largest absolute Gasteiger partial charge is 0.325 e. The van der Waals surface area contributed by atoms with Crippen LogP contribution >= 0.6 is 11.8 Å². The van der Waals surface area contributed by atoms with Gasteiger partial charge in [-0.25, -0.2) is 4.79 Å². The number of carbonyl (C=O) groups is 1. The highest BCUT2D eigenvalue weighted by atomic mass is 32.2. The van der Waals surface area contributed by atoms with Crippen molar-refractivity contribution in [1.82, 2.24) is 5.32 Å². The Bertz CT molecular complexity index is 471. The summed E-state index contributed by atoms with van der Waals surface area (Å²) in [6.07, 6.45) is 4.83. The number of amides is 2. The Labute approximate surface area is 124 Å². The van der Waals surface area contributed by atoms with Gasteiger partial charge >= 0.3 is 6.03 Å². The van der Waals surface area contributed by atoms with Crippen molar-refractivity contribution in [2.75, 3.05) is 17.6 Å². The normalized spacial score (nSPS) is 13.9. The van der Waals surface area contributed by atoms with Crippen LogP contribution in [-0.4, -0.2) is 23.5 Å². The smallest absolute Gasteiger partial charge is 0.308 e. The third kappa shape index (κ3) is 4.89. The number of nitrogens with zero attached hydrogens (tertiary/aromatic N) is 1. The monoisotopic (exact) mass is 291 g/mol. The fourth-order valence-electron chi connectivity index (χ4n) is 2.00. The van der Waals surface area contributed by atoms with Gasteiger partial charge in [0.05, 0.1) is 6.54 Å². The van der Waals surface area contributed by atoms with Crippen molar-refractivity contribution >= 4 is 28.6 Å². The number of thioether (sulfide) groups is 1. The van der Waals surface area contributed by atoms with E-state index in [9.17, 15) is 4.79 Å². The van der Waals surface area contributed by atoms with Gasteiger partial charge in [0.25, 0.3) is 0 Å². The van der Waals surface area contributed by atoms with E-state index in [1.807, 2.05) is 12.1 Å². The zero-order valence-corrected chi connectivity index (χ0v) is 12.6. The van der Waals surface area contributed by atoms with Crippen molar-refractivity contribution in [1.29, 1.82) is 0 Å². The molecule has 0 aromatic heterocycles. The third-order valence-electron chi connectivity index (χ3n) is 3.09. The number of rotatable bonds is 5. The van der Waals surface area contributed by atoms with E-state index in [0.29, 0.717) is 5.17 Å². The molecule has 2 amide bonds. The molecule has 108 valence electrons. The van der Waals surface area contributed by atoms with Gasteiger partial charge < -0.3 is 5.32 Å². The molecule has 0 saturated carbocycles. The standard InChI is InChI=1S/C15H21N3OS/c1-2-3-4-5-12-6-8-13(9-7-12)17-14(19)18-15-16-10-11-20-15/h6-9H,2-5,10-11H2,1H3,(H2,16,17,18,19). The predicted molar refractivity (Wildman–Crippen MR) is 86.6 cm³/mol. The predicted octanol–water partition coefficient (Wildman–Crippen LogP) is 3.64. The first-order valence-electron chi connectivity index (χ1n) is 7.12. The van der Waals surface area contributed by atoms with Gasteiger partial charge in [0, 0.05) is 11.4 Å². The minimum Gasteiger partial charge on any atom is -0.308 e. The lowest BCUT2D eigenvalue weighted by Crippen LogP contribution is -2.31. The van der Waals surface area contributed by atoms with Gasteiger partial charge in [-0.3, -0.25) is 10.3 Å². The molecular weight excluding hydrogens is 270 g/mol. The molecule has 0 aliphatic carbocycles. The zero-order valence-electron chi connectivity index (χ0n) is 11.8. The van der Waals surface area contributed by atoms with Crippen LogP contribution in [-0.2, 0) is 6.42 Å². The molecule has 1 aromatic carbocycles. The number of hydrogen-bond acceptors (Lipinski definition) is 3. The minimum atomic E-state index is -0.225. The summed E-state index contributed by atoms with van der Waals surface area (Å²) in [4.78, 5) is 15.9. The van der Waals surface area contributed by atoms with E-state index in [-0.39, 0.29) is 6.03 Å². The molecule has 0 unspecified atom stereocenters. The summed E-state index contributed by atoms with van der Waals surface area (Å²) in [6.45, 7) is 2.99. The van der Waals surface area contributed by atoms with Crippen LogP contribution in [0.5, 0.6) is 0 Å². The molecule has 2 N–H and O–H groups in total. The van der Waals surface area contributed by atoms with E-state index in [2.05, 4.69) is 34.7 Å². The molecule has 2 rings (SSSR count). The van der Waals surface area contributed by atoms with Gasteiger partial charge in [-0.05, 0) is 30.5 Å². The van der Waals surface area contributed by atoms with Gasteiger partial charge in [-0.2, -0.15) is 0 Å². The number of aliphatic imine (C=N–C) groups is 1. The Morgan fingerprint density at radius 1 is 1.25 bits per heavy atom. The van der Waals surface area contributed by atoms with Gasteiger partial charge in [-0.15, -0.1) is 0 Å². The average Bonchev–Trinajstić information content (AvgIpc) is 2.94. The number of carbonyl (C=O) groups excluding carboxylic acids is 1. The Kier molecular flexibility index (Phi) is 5.92. The summed E-state index contributed by atoms with van der Waals surface area (Å²) < 4.78 is 0. The number of hydrogen-bond donors (Lipinski definition) is 2. The second-order valence-electron chi connectivity index (χ2n) is 4.77. The number of urea groups is 1. The molecule has 4 nitrogen and oxygen atoms in total. The van der Waals surface area contributed by atoms with Crippen LogP contribution < -0.4 is 10.6 Å². The zero-order chi connectivity index (χ0) is 14.2.